The predicted octanol–water partition coefficient (Wildman–Crippen LogP) is 7.86. The van der Waals surface area contributed by atoms with Crippen molar-refractivity contribution in [3.63, 3.8) is 0 Å². The summed E-state index contributed by atoms with van der Waals surface area (Å²) in [4.78, 5) is 0. The molecule has 10 rings (SSSR count). The fraction of sp³-hybridized carbons (Fsp3) is 0. The van der Waals surface area contributed by atoms with Crippen molar-refractivity contribution in [2.45, 2.75) is 0 Å². The first-order chi connectivity index (χ1) is 24.7. The summed E-state index contributed by atoms with van der Waals surface area (Å²) in [7, 11) is -6.78. The lowest BCUT2D eigenvalue weighted by Crippen LogP contribution is -2.79. The fourth-order valence-electron chi connectivity index (χ4n) is 7.70. The molecule has 1 heterocycles. The molecule has 2 radical (unpaired) electrons. The normalized spacial score (nSPS) is 17.5. The van der Waals surface area contributed by atoms with E-state index < -0.39 is 17.1 Å². The number of benzene rings is 9. The first-order valence-corrected chi connectivity index (χ1v) is 21.4. The van der Waals surface area contributed by atoms with E-state index in [0.29, 0.717) is 0 Å². The Bertz CT molecular complexity index is 2680. The third kappa shape index (κ3) is 4.65. The van der Waals surface area contributed by atoms with Crippen molar-refractivity contribution in [3.8, 4) is 0 Å². The van der Waals surface area contributed by atoms with E-state index in [9.17, 15) is 0 Å². The molecule has 1 aliphatic heterocycles. The second-order valence-electron chi connectivity index (χ2n) is 13.0. The minimum Gasteiger partial charge on any atom is -0.407 e. The maximum atomic E-state index is 7.75. The van der Waals surface area contributed by atoms with Gasteiger partial charge in [0.05, 0.1) is 0 Å². The van der Waals surface area contributed by atoms with Crippen LogP contribution in [0, 0.1) is 0 Å². The Hall–Kier alpha value is -5.19. The molecule has 0 bridgehead atoms. The Balaban J connectivity index is 1.25. The highest BCUT2D eigenvalue weighted by Crippen LogP contribution is 2.35. The van der Waals surface area contributed by atoms with Gasteiger partial charge in [0.1, 0.15) is 0 Å². The van der Waals surface area contributed by atoms with Gasteiger partial charge in [-0.1, -0.05) is 146 Å². The van der Waals surface area contributed by atoms with Gasteiger partial charge in [-0.25, -0.2) is 0 Å². The summed E-state index contributed by atoms with van der Waals surface area (Å²) in [6, 6.07) is 65.3. The third-order valence-electron chi connectivity index (χ3n) is 10.1. The van der Waals surface area contributed by atoms with Gasteiger partial charge < -0.3 is 12.3 Å². The molecule has 1 fully saturated rings. The van der Waals surface area contributed by atoms with Crippen LogP contribution in [-0.4, -0.2) is 27.1 Å². The van der Waals surface area contributed by atoms with Crippen LogP contribution >= 0.6 is 0 Å². The van der Waals surface area contributed by atoms with Crippen molar-refractivity contribution in [2.24, 2.45) is 0 Å². The number of hydrogen-bond acceptors (Lipinski definition) is 3. The lowest BCUT2D eigenvalue weighted by Gasteiger charge is -2.45. The molecule has 1 aliphatic rings. The van der Waals surface area contributed by atoms with Gasteiger partial charge in [-0.2, -0.15) is 0 Å². The standard InChI is InChI=1S/C44H30O3Si3/c1-4-16-38(17-5-1)49(39-18-6-2-7-19-39)45-48-46-50(47-49,40-20-8-3-9-21-40)44-22-12-15-33-27-34-23-24-35-28-36-25-31-13-10-11-14-32(31)26-37(36)29-41(35)42(34)30-43(33)44/h1-30H. The summed E-state index contributed by atoms with van der Waals surface area (Å²) in [5.74, 6) is 0. The van der Waals surface area contributed by atoms with E-state index in [-0.39, 0.29) is 10.0 Å². The fourth-order valence-corrected chi connectivity index (χ4v) is 19.0. The molecule has 6 heteroatoms. The van der Waals surface area contributed by atoms with Crippen LogP contribution in [-0.2, 0) is 12.3 Å². The van der Waals surface area contributed by atoms with Gasteiger partial charge >= 0.3 is 27.1 Å². The number of rotatable bonds is 4. The first-order valence-electron chi connectivity index (χ1n) is 16.9. The van der Waals surface area contributed by atoms with Crippen LogP contribution in [0.4, 0.5) is 0 Å². The van der Waals surface area contributed by atoms with E-state index >= 15 is 0 Å². The number of hydrogen-bond donors (Lipinski definition) is 0. The quantitative estimate of drug-likeness (QED) is 0.107. The minimum absolute atomic E-state index is 0.177. The second kappa shape index (κ2) is 11.7. The van der Waals surface area contributed by atoms with Crippen molar-refractivity contribution in [3.05, 3.63) is 182 Å². The van der Waals surface area contributed by atoms with Gasteiger partial charge in [0, 0.05) is 5.19 Å². The molecule has 0 N–H and O–H groups in total. The number of fused-ring (bicyclic) bond motifs is 6. The van der Waals surface area contributed by atoms with Gasteiger partial charge in [-0.05, 0) is 106 Å². The Labute approximate surface area is 294 Å². The van der Waals surface area contributed by atoms with Crippen LogP contribution in [0.1, 0.15) is 0 Å². The zero-order valence-electron chi connectivity index (χ0n) is 27.0. The molecular weight excluding hydrogens is 661 g/mol. The maximum absolute atomic E-state index is 7.75. The highest BCUT2D eigenvalue weighted by atomic mass is 28.5. The van der Waals surface area contributed by atoms with Crippen LogP contribution < -0.4 is 20.7 Å². The summed E-state index contributed by atoms with van der Waals surface area (Å²) < 4.78 is 21.6. The van der Waals surface area contributed by atoms with Crippen LogP contribution in [0.25, 0.3) is 53.9 Å². The lowest BCUT2D eigenvalue weighted by molar-refractivity contribution is 0.293. The van der Waals surface area contributed by atoms with E-state index in [0.717, 1.165) is 31.5 Å². The molecule has 1 unspecified atom stereocenters. The summed E-state index contributed by atoms with van der Waals surface area (Å²) in [5, 5.41) is 16.5. The van der Waals surface area contributed by atoms with E-state index in [1.54, 1.807) is 0 Å². The molecule has 0 amide bonds. The minimum atomic E-state index is -3.38. The molecule has 0 spiro atoms. The lowest BCUT2D eigenvalue weighted by atomic mass is 9.95. The molecule has 9 aromatic rings. The van der Waals surface area contributed by atoms with Crippen molar-refractivity contribution >= 4 is 102 Å². The van der Waals surface area contributed by atoms with Crippen LogP contribution in [0.2, 0.25) is 0 Å². The zero-order chi connectivity index (χ0) is 33.1. The van der Waals surface area contributed by atoms with Gasteiger partial charge in [0.15, 0.2) is 0 Å². The predicted molar refractivity (Wildman–Crippen MR) is 212 cm³/mol. The average molecular weight is 691 g/mol. The third-order valence-corrected chi connectivity index (χ3v) is 19.8. The molecule has 1 saturated heterocycles. The molecular formula is C44H30O3Si3. The van der Waals surface area contributed by atoms with Crippen molar-refractivity contribution < 1.29 is 12.3 Å². The summed E-state index contributed by atoms with van der Waals surface area (Å²) in [6.45, 7) is 0. The second-order valence-corrected chi connectivity index (χ2v) is 20.4. The molecule has 0 saturated carbocycles. The molecule has 50 heavy (non-hydrogen) atoms. The summed E-state index contributed by atoms with van der Waals surface area (Å²) in [5.41, 5.74) is 0. The van der Waals surface area contributed by atoms with Crippen molar-refractivity contribution in [1.82, 2.24) is 0 Å². The van der Waals surface area contributed by atoms with Crippen LogP contribution in [0.3, 0.4) is 0 Å². The Kier molecular flexibility index (Phi) is 6.96. The van der Waals surface area contributed by atoms with Crippen molar-refractivity contribution in [1.29, 1.82) is 0 Å². The molecule has 236 valence electrons. The van der Waals surface area contributed by atoms with Crippen LogP contribution in [0.5, 0.6) is 0 Å². The highest BCUT2D eigenvalue weighted by Gasteiger charge is 2.58. The highest BCUT2D eigenvalue weighted by molar-refractivity contribution is 7.08. The molecule has 0 aliphatic carbocycles. The average Bonchev–Trinajstić information content (AvgIpc) is 3.19. The van der Waals surface area contributed by atoms with E-state index in [4.69, 9.17) is 12.3 Å². The summed E-state index contributed by atoms with van der Waals surface area (Å²) in [6.07, 6.45) is 0. The monoisotopic (exact) mass is 690 g/mol. The van der Waals surface area contributed by atoms with Crippen LogP contribution in [0.15, 0.2) is 182 Å². The molecule has 0 aromatic heterocycles. The first kappa shape index (κ1) is 29.7. The SMILES string of the molecule is c1ccc([Si]2(c3ccccc3)O[Si]O[Si](c3ccccc3)(c3cccc4cc5ccc6cc7cc8ccccc8cc7cc6c5cc34)O2)cc1. The summed E-state index contributed by atoms with van der Waals surface area (Å²) >= 11 is 0. The van der Waals surface area contributed by atoms with Gasteiger partial charge in [0.25, 0.3) is 0 Å². The van der Waals surface area contributed by atoms with E-state index in [2.05, 4.69) is 170 Å². The molecule has 3 nitrogen and oxygen atoms in total. The van der Waals surface area contributed by atoms with E-state index in [1.807, 2.05) is 12.1 Å². The Morgan fingerprint density at radius 3 is 1.38 bits per heavy atom. The Morgan fingerprint density at radius 1 is 0.320 bits per heavy atom. The maximum Gasteiger partial charge on any atom is 0.414 e. The van der Waals surface area contributed by atoms with Gasteiger partial charge in [0.2, 0.25) is 0 Å². The Morgan fingerprint density at radius 2 is 0.760 bits per heavy atom. The van der Waals surface area contributed by atoms with Gasteiger partial charge in [-0.15, -0.1) is 0 Å². The zero-order valence-corrected chi connectivity index (χ0v) is 30.0. The van der Waals surface area contributed by atoms with Gasteiger partial charge in [-0.3, -0.25) is 0 Å². The molecule has 1 atom stereocenters. The van der Waals surface area contributed by atoms with E-state index in [1.165, 1.54) is 43.1 Å². The van der Waals surface area contributed by atoms with Crippen molar-refractivity contribution in [2.75, 3.05) is 0 Å². The largest absolute Gasteiger partial charge is 0.414 e. The smallest absolute Gasteiger partial charge is 0.407 e. The topological polar surface area (TPSA) is 27.7 Å². The molecule has 9 aromatic carbocycles.